The van der Waals surface area contributed by atoms with Crippen molar-refractivity contribution in [3.63, 3.8) is 0 Å². The third-order valence-electron chi connectivity index (χ3n) is 4.02. The van der Waals surface area contributed by atoms with Crippen LogP contribution in [0, 0.1) is 17.5 Å². The summed E-state index contributed by atoms with van der Waals surface area (Å²) in [5.41, 5.74) is 0.572. The molecule has 3 rings (SSSR count). The molecule has 4 nitrogen and oxygen atoms in total. The maximum Gasteiger partial charge on any atom is 0.243 e. The zero-order chi connectivity index (χ0) is 18.2. The summed E-state index contributed by atoms with van der Waals surface area (Å²) in [4.78, 5) is -0.636. The molecule has 134 valence electrons. The van der Waals surface area contributed by atoms with Gasteiger partial charge in [0.25, 0.3) is 0 Å². The van der Waals surface area contributed by atoms with Crippen LogP contribution in [0.5, 0.6) is 0 Å². The summed E-state index contributed by atoms with van der Waals surface area (Å²) in [7, 11) is -4.25. The van der Waals surface area contributed by atoms with Gasteiger partial charge in [0.2, 0.25) is 10.0 Å². The van der Waals surface area contributed by atoms with E-state index in [0.717, 1.165) is 4.31 Å². The first-order valence-corrected chi connectivity index (χ1v) is 9.25. The van der Waals surface area contributed by atoms with Crippen molar-refractivity contribution in [1.29, 1.82) is 0 Å². The van der Waals surface area contributed by atoms with Crippen molar-refractivity contribution in [3.8, 4) is 0 Å². The first-order valence-electron chi connectivity index (χ1n) is 7.44. The predicted octanol–water partition coefficient (Wildman–Crippen LogP) is 3.09. The third kappa shape index (κ3) is 3.39. The molecule has 0 saturated carbocycles. The Balaban J connectivity index is 2.07. The zero-order valence-electron chi connectivity index (χ0n) is 12.8. The molecule has 0 radical (unpaired) electrons. The van der Waals surface area contributed by atoms with Crippen LogP contribution >= 0.6 is 11.6 Å². The first-order chi connectivity index (χ1) is 11.8. The van der Waals surface area contributed by atoms with Gasteiger partial charge in [-0.05, 0) is 23.8 Å². The van der Waals surface area contributed by atoms with Gasteiger partial charge in [-0.2, -0.15) is 4.31 Å². The second kappa shape index (κ2) is 6.95. The number of benzene rings is 2. The summed E-state index contributed by atoms with van der Waals surface area (Å²) in [5.74, 6) is -4.81. The Morgan fingerprint density at radius 2 is 1.76 bits per heavy atom. The van der Waals surface area contributed by atoms with Crippen molar-refractivity contribution < 1.29 is 21.6 Å². The Hall–Kier alpha value is -1.61. The van der Waals surface area contributed by atoms with Crippen LogP contribution in [-0.4, -0.2) is 32.4 Å². The van der Waals surface area contributed by atoms with E-state index < -0.39 is 38.4 Å². The van der Waals surface area contributed by atoms with Gasteiger partial charge in [-0.15, -0.1) is 0 Å². The van der Waals surface area contributed by atoms with Gasteiger partial charge in [-0.3, -0.25) is 0 Å². The number of piperazine rings is 1. The molecule has 1 saturated heterocycles. The van der Waals surface area contributed by atoms with Crippen molar-refractivity contribution in [1.82, 2.24) is 9.62 Å². The fourth-order valence-electron chi connectivity index (χ4n) is 2.80. The summed E-state index contributed by atoms with van der Waals surface area (Å²) in [6.07, 6.45) is 0. The Labute approximate surface area is 148 Å². The summed E-state index contributed by atoms with van der Waals surface area (Å²) >= 11 is 6.17. The SMILES string of the molecule is O=S(=O)(c1cc(F)c(F)c(F)c1)N1CCNCC1c1ccccc1Cl. The molecule has 1 unspecified atom stereocenters. The number of halogens is 4. The van der Waals surface area contributed by atoms with E-state index in [-0.39, 0.29) is 13.1 Å². The minimum atomic E-state index is -4.25. The Kier molecular flexibility index (Phi) is 5.06. The number of hydrogen-bond donors (Lipinski definition) is 1. The van der Waals surface area contributed by atoms with E-state index in [0.29, 0.717) is 29.3 Å². The Bertz CT molecular complexity index is 885. The summed E-state index contributed by atoms with van der Waals surface area (Å²) in [5, 5.41) is 3.46. The van der Waals surface area contributed by atoms with Crippen LogP contribution < -0.4 is 5.32 Å². The molecule has 1 fully saturated rings. The number of nitrogens with zero attached hydrogens (tertiary/aromatic N) is 1. The van der Waals surface area contributed by atoms with Crippen LogP contribution in [0.3, 0.4) is 0 Å². The minimum Gasteiger partial charge on any atom is -0.313 e. The van der Waals surface area contributed by atoms with E-state index in [1.54, 1.807) is 24.3 Å². The standard InChI is InChI=1S/C16H14ClF3N2O2S/c17-12-4-2-1-3-11(12)15-9-21-5-6-22(15)25(23,24)10-7-13(18)16(20)14(19)8-10/h1-4,7-8,15,21H,5-6,9H2. The van der Waals surface area contributed by atoms with Crippen LogP contribution in [0.15, 0.2) is 41.3 Å². The molecule has 1 atom stereocenters. The molecule has 1 heterocycles. The predicted molar refractivity (Wildman–Crippen MR) is 87.3 cm³/mol. The molecular formula is C16H14ClF3N2O2S. The molecule has 9 heteroatoms. The molecule has 25 heavy (non-hydrogen) atoms. The highest BCUT2D eigenvalue weighted by molar-refractivity contribution is 7.89. The normalized spacial score (nSPS) is 19.1. The van der Waals surface area contributed by atoms with Crippen LogP contribution in [-0.2, 0) is 10.0 Å². The van der Waals surface area contributed by atoms with Gasteiger partial charge in [-0.25, -0.2) is 21.6 Å². The Morgan fingerprint density at radius 3 is 2.40 bits per heavy atom. The summed E-state index contributed by atoms with van der Waals surface area (Å²) in [6.45, 7) is 0.736. The highest BCUT2D eigenvalue weighted by Gasteiger charge is 2.36. The number of nitrogens with one attached hydrogen (secondary N) is 1. The third-order valence-corrected chi connectivity index (χ3v) is 6.25. The minimum absolute atomic E-state index is 0.0822. The van der Waals surface area contributed by atoms with E-state index in [2.05, 4.69) is 5.32 Å². The van der Waals surface area contributed by atoms with Crippen LogP contribution in [0.1, 0.15) is 11.6 Å². The van der Waals surface area contributed by atoms with Gasteiger partial charge in [0, 0.05) is 24.7 Å². The van der Waals surface area contributed by atoms with Gasteiger partial charge in [-0.1, -0.05) is 29.8 Å². The number of hydrogen-bond acceptors (Lipinski definition) is 3. The van der Waals surface area contributed by atoms with Gasteiger partial charge < -0.3 is 5.32 Å². The van der Waals surface area contributed by atoms with Crippen molar-refractivity contribution >= 4 is 21.6 Å². The molecule has 1 aliphatic rings. The number of rotatable bonds is 3. The molecule has 2 aromatic rings. The van der Waals surface area contributed by atoms with Crippen molar-refractivity contribution in [3.05, 3.63) is 64.4 Å². The highest BCUT2D eigenvalue weighted by atomic mass is 35.5. The quantitative estimate of drug-likeness (QED) is 0.819. The van der Waals surface area contributed by atoms with Crippen LogP contribution in [0.4, 0.5) is 13.2 Å². The second-order valence-electron chi connectivity index (χ2n) is 5.56. The fraction of sp³-hybridized carbons (Fsp3) is 0.250. The lowest BCUT2D eigenvalue weighted by atomic mass is 10.1. The zero-order valence-corrected chi connectivity index (χ0v) is 14.4. The van der Waals surface area contributed by atoms with Crippen molar-refractivity contribution in [2.24, 2.45) is 0 Å². The van der Waals surface area contributed by atoms with E-state index in [4.69, 9.17) is 11.6 Å². The van der Waals surface area contributed by atoms with Gasteiger partial charge in [0.15, 0.2) is 17.5 Å². The number of sulfonamides is 1. The largest absolute Gasteiger partial charge is 0.313 e. The molecule has 2 aromatic carbocycles. The molecule has 0 amide bonds. The summed E-state index contributed by atoms with van der Waals surface area (Å²) < 4.78 is 67.0. The first kappa shape index (κ1) is 18.2. The molecule has 1 aliphatic heterocycles. The summed E-state index contributed by atoms with van der Waals surface area (Å²) in [6, 6.07) is 7.08. The molecule has 0 bridgehead atoms. The monoisotopic (exact) mass is 390 g/mol. The fourth-order valence-corrected chi connectivity index (χ4v) is 4.69. The molecule has 0 spiro atoms. The lowest BCUT2D eigenvalue weighted by Gasteiger charge is -2.35. The molecule has 0 aromatic heterocycles. The van der Waals surface area contributed by atoms with Crippen molar-refractivity contribution in [2.75, 3.05) is 19.6 Å². The lowest BCUT2D eigenvalue weighted by Crippen LogP contribution is -2.48. The van der Waals surface area contributed by atoms with Gasteiger partial charge in [0.1, 0.15) is 0 Å². The van der Waals surface area contributed by atoms with Gasteiger partial charge >= 0.3 is 0 Å². The molecule has 0 aliphatic carbocycles. The van der Waals surface area contributed by atoms with E-state index in [1.165, 1.54) is 0 Å². The second-order valence-corrected chi connectivity index (χ2v) is 7.86. The maximum absolute atomic E-state index is 13.5. The lowest BCUT2D eigenvalue weighted by molar-refractivity contribution is 0.271. The average Bonchev–Trinajstić information content (AvgIpc) is 2.59. The highest BCUT2D eigenvalue weighted by Crippen LogP contribution is 2.33. The molecule has 1 N–H and O–H groups in total. The van der Waals surface area contributed by atoms with E-state index >= 15 is 0 Å². The topological polar surface area (TPSA) is 49.4 Å². The molecular weight excluding hydrogens is 377 g/mol. The smallest absolute Gasteiger partial charge is 0.243 e. The van der Waals surface area contributed by atoms with Gasteiger partial charge in [0.05, 0.1) is 10.9 Å². The van der Waals surface area contributed by atoms with Crippen LogP contribution in [0.25, 0.3) is 0 Å². The van der Waals surface area contributed by atoms with Crippen molar-refractivity contribution in [2.45, 2.75) is 10.9 Å². The van der Waals surface area contributed by atoms with E-state index in [1.807, 2.05) is 0 Å². The Morgan fingerprint density at radius 1 is 1.12 bits per heavy atom. The van der Waals surface area contributed by atoms with E-state index in [9.17, 15) is 21.6 Å². The average molecular weight is 391 g/mol. The maximum atomic E-state index is 13.5. The van der Waals surface area contributed by atoms with Crippen LogP contribution in [0.2, 0.25) is 5.02 Å².